The van der Waals surface area contributed by atoms with Crippen molar-refractivity contribution >= 4 is 32.7 Å². The number of fused-ring (bicyclic) bond motifs is 1. The highest BCUT2D eigenvalue weighted by Crippen LogP contribution is 2.28. The Balaban J connectivity index is 1.08. The first-order valence-electron chi connectivity index (χ1n) is 13.1. The zero-order chi connectivity index (χ0) is 27.6. The number of anilines is 1. The number of sulfonamides is 1. The summed E-state index contributed by atoms with van der Waals surface area (Å²) < 4.78 is 32.8. The predicted molar refractivity (Wildman–Crippen MR) is 145 cm³/mol. The second kappa shape index (κ2) is 11.4. The van der Waals surface area contributed by atoms with Gasteiger partial charge in [-0.3, -0.25) is 4.79 Å². The summed E-state index contributed by atoms with van der Waals surface area (Å²) in [6, 6.07) is 11.1. The molecule has 0 saturated carbocycles. The number of hydrogen-bond acceptors (Lipinski definition) is 8. The van der Waals surface area contributed by atoms with Crippen LogP contribution in [0.2, 0.25) is 0 Å². The molecule has 3 aromatic rings. The van der Waals surface area contributed by atoms with Crippen LogP contribution in [0.1, 0.15) is 25.7 Å². The molecule has 13 heteroatoms. The van der Waals surface area contributed by atoms with Crippen molar-refractivity contribution in [1.29, 1.82) is 0 Å². The summed E-state index contributed by atoms with van der Waals surface area (Å²) in [5, 5.41) is 23.2. The van der Waals surface area contributed by atoms with Crippen LogP contribution in [0.25, 0.3) is 11.0 Å². The predicted octanol–water partition coefficient (Wildman–Crippen LogP) is 1.09. The molecule has 2 aliphatic heterocycles. The molecule has 3 heterocycles. The maximum absolute atomic E-state index is 13.0. The maximum Gasteiger partial charge on any atom is 0.323 e. The number of aliphatic hydroxyl groups is 1. The molecule has 2 atom stereocenters. The third kappa shape index (κ3) is 5.96. The Kier molecular flexibility index (Phi) is 7.93. The number of imidazole rings is 1. The summed E-state index contributed by atoms with van der Waals surface area (Å²) >= 11 is 0. The van der Waals surface area contributed by atoms with Crippen LogP contribution in [0.4, 0.5) is 5.69 Å². The number of ether oxygens (including phenoxy) is 1. The van der Waals surface area contributed by atoms with Gasteiger partial charge in [-0.25, -0.2) is 13.2 Å². The number of H-pyrrole nitrogens is 2. The minimum atomic E-state index is -3.86. The lowest BCUT2D eigenvalue weighted by atomic mass is 10.0. The molecule has 0 aliphatic carbocycles. The van der Waals surface area contributed by atoms with Crippen molar-refractivity contribution < 1.29 is 28.2 Å². The molecule has 5 N–H and O–H groups in total. The number of para-hydroxylation sites is 1. The average Bonchev–Trinajstić information content (AvgIpc) is 3.58. The number of carbonyl (C=O) groups is 1. The monoisotopic (exact) mass is 559 g/mol. The molecular formula is C26H33N5O7S. The fraction of sp³-hybridized carbons (Fsp3) is 0.462. The number of aromatic nitrogens is 2. The van der Waals surface area contributed by atoms with E-state index < -0.39 is 28.1 Å². The first-order valence-corrected chi connectivity index (χ1v) is 14.5. The Bertz CT molecular complexity index is 1460. The van der Waals surface area contributed by atoms with Gasteiger partial charge in [-0.15, -0.1) is 0 Å². The molecule has 0 spiro atoms. The quantitative estimate of drug-likeness (QED) is 0.244. The van der Waals surface area contributed by atoms with Crippen molar-refractivity contribution in [3.8, 4) is 5.75 Å². The number of aliphatic carboxylic acids is 1. The fourth-order valence-electron chi connectivity index (χ4n) is 5.28. The van der Waals surface area contributed by atoms with Gasteiger partial charge in [0.05, 0.1) is 10.4 Å². The highest BCUT2D eigenvalue weighted by Gasteiger charge is 2.39. The SMILES string of the molecule is O=C(O)C1CCCN1S(=O)(=O)c1ccc(N2CCC(NCC(O)COc3cccc4[nH]c(=O)[nH]c34)CC2)cc1. The zero-order valence-corrected chi connectivity index (χ0v) is 22.2. The van der Waals surface area contributed by atoms with E-state index in [2.05, 4.69) is 20.2 Å². The maximum atomic E-state index is 13.0. The van der Waals surface area contributed by atoms with Crippen LogP contribution in [0.3, 0.4) is 0 Å². The number of piperidine rings is 1. The van der Waals surface area contributed by atoms with Gasteiger partial charge in [0.15, 0.2) is 0 Å². The van der Waals surface area contributed by atoms with E-state index in [1.165, 1.54) is 0 Å². The van der Waals surface area contributed by atoms with Crippen molar-refractivity contribution in [3.05, 3.63) is 52.9 Å². The first-order chi connectivity index (χ1) is 18.7. The molecule has 0 amide bonds. The molecule has 2 saturated heterocycles. The van der Waals surface area contributed by atoms with E-state index >= 15 is 0 Å². The highest BCUT2D eigenvalue weighted by atomic mass is 32.2. The topological polar surface area (TPSA) is 168 Å². The molecular weight excluding hydrogens is 526 g/mol. The van der Waals surface area contributed by atoms with Crippen LogP contribution in [0, 0.1) is 0 Å². The minimum Gasteiger partial charge on any atom is -0.489 e. The molecule has 0 bridgehead atoms. The van der Waals surface area contributed by atoms with E-state index in [4.69, 9.17) is 4.74 Å². The largest absolute Gasteiger partial charge is 0.489 e. The minimum absolute atomic E-state index is 0.0814. The van der Waals surface area contributed by atoms with Crippen LogP contribution >= 0.6 is 0 Å². The van der Waals surface area contributed by atoms with Crippen LogP contribution in [0.5, 0.6) is 5.75 Å². The van der Waals surface area contributed by atoms with Crippen LogP contribution in [-0.2, 0) is 14.8 Å². The lowest BCUT2D eigenvalue weighted by molar-refractivity contribution is -0.140. The number of aliphatic hydroxyl groups excluding tert-OH is 1. The number of aromatic amines is 2. The Morgan fingerprint density at radius 2 is 1.82 bits per heavy atom. The van der Waals surface area contributed by atoms with E-state index in [9.17, 15) is 28.2 Å². The van der Waals surface area contributed by atoms with Gasteiger partial charge in [-0.05, 0) is 62.1 Å². The van der Waals surface area contributed by atoms with Gasteiger partial charge in [0, 0.05) is 37.9 Å². The molecule has 0 radical (unpaired) electrons. The standard InChI is InChI=1S/C26H33N5O7S/c32-19(16-38-23-5-1-3-21-24(23)29-26(35)28-21)15-27-17-10-13-30(14-11-17)18-6-8-20(9-7-18)39(36,37)31-12-2-4-22(31)25(33)34/h1,3,5-9,17,19,22,27,32H,2,4,10-16H2,(H,33,34)(H2,28,29,35). The van der Waals surface area contributed by atoms with Crippen LogP contribution in [-0.4, -0.2) is 89.8 Å². The van der Waals surface area contributed by atoms with Crippen molar-refractivity contribution in [1.82, 2.24) is 19.6 Å². The Labute approximate surface area is 225 Å². The van der Waals surface area contributed by atoms with Crippen LogP contribution < -0.4 is 20.6 Å². The highest BCUT2D eigenvalue weighted by molar-refractivity contribution is 7.89. The van der Waals surface area contributed by atoms with Crippen molar-refractivity contribution in [2.24, 2.45) is 0 Å². The summed E-state index contributed by atoms with van der Waals surface area (Å²) in [4.78, 5) is 30.6. The van der Waals surface area contributed by atoms with Gasteiger partial charge in [-0.2, -0.15) is 4.31 Å². The van der Waals surface area contributed by atoms with Crippen molar-refractivity contribution in [3.63, 3.8) is 0 Å². The first kappa shape index (κ1) is 27.2. The van der Waals surface area contributed by atoms with Gasteiger partial charge < -0.3 is 35.1 Å². The Morgan fingerprint density at radius 1 is 1.08 bits per heavy atom. The summed E-state index contributed by atoms with van der Waals surface area (Å²) in [5.74, 6) is -0.615. The number of rotatable bonds is 10. The Morgan fingerprint density at radius 3 is 2.54 bits per heavy atom. The third-order valence-corrected chi connectivity index (χ3v) is 9.30. The molecule has 39 heavy (non-hydrogen) atoms. The summed E-state index contributed by atoms with van der Waals surface area (Å²) in [7, 11) is -3.86. The normalized spacial score (nSPS) is 19.9. The molecule has 210 valence electrons. The number of carboxylic acids is 1. The second-order valence-electron chi connectivity index (χ2n) is 10.00. The molecule has 5 rings (SSSR count). The number of hydrogen-bond donors (Lipinski definition) is 5. The molecule has 1 aromatic heterocycles. The average molecular weight is 560 g/mol. The van der Waals surface area contributed by atoms with Gasteiger partial charge in [0.2, 0.25) is 10.0 Å². The van der Waals surface area contributed by atoms with E-state index in [1.54, 1.807) is 42.5 Å². The summed E-state index contributed by atoms with van der Waals surface area (Å²) in [6.45, 7) is 2.20. The number of nitrogens with zero attached hydrogens (tertiary/aromatic N) is 2. The number of nitrogens with one attached hydrogen (secondary N) is 3. The summed E-state index contributed by atoms with van der Waals surface area (Å²) in [5.41, 5.74) is 1.81. The number of carboxylic acid groups (broad SMARTS) is 1. The second-order valence-corrected chi connectivity index (χ2v) is 11.9. The molecule has 2 fully saturated rings. The lowest BCUT2D eigenvalue weighted by Crippen LogP contribution is -2.45. The van der Waals surface area contributed by atoms with Crippen molar-refractivity contribution in [2.75, 3.05) is 37.7 Å². The smallest absolute Gasteiger partial charge is 0.323 e. The lowest BCUT2D eigenvalue weighted by Gasteiger charge is -2.34. The van der Waals surface area contributed by atoms with E-state index in [0.717, 1.165) is 35.9 Å². The van der Waals surface area contributed by atoms with E-state index in [1.807, 2.05) is 0 Å². The van der Waals surface area contributed by atoms with Crippen molar-refractivity contribution in [2.45, 2.75) is 48.8 Å². The third-order valence-electron chi connectivity index (χ3n) is 7.38. The van der Waals surface area contributed by atoms with E-state index in [0.29, 0.717) is 36.2 Å². The molecule has 2 aromatic carbocycles. The molecule has 12 nitrogen and oxygen atoms in total. The molecule has 2 aliphatic rings. The van der Waals surface area contributed by atoms with Gasteiger partial charge >= 0.3 is 11.7 Å². The molecule has 2 unspecified atom stereocenters. The fourth-order valence-corrected chi connectivity index (χ4v) is 6.93. The Hall–Kier alpha value is -3.39. The van der Waals surface area contributed by atoms with Gasteiger partial charge in [0.1, 0.15) is 30.0 Å². The number of benzene rings is 2. The van der Waals surface area contributed by atoms with Gasteiger partial charge in [-0.1, -0.05) is 6.07 Å². The van der Waals surface area contributed by atoms with E-state index in [-0.39, 0.29) is 29.8 Å². The summed E-state index contributed by atoms with van der Waals surface area (Å²) in [6.07, 6.45) is 1.84. The zero-order valence-electron chi connectivity index (χ0n) is 21.4. The van der Waals surface area contributed by atoms with Gasteiger partial charge in [0.25, 0.3) is 0 Å². The van der Waals surface area contributed by atoms with Crippen LogP contribution in [0.15, 0.2) is 52.2 Å².